The van der Waals surface area contributed by atoms with Crippen LogP contribution in [0.1, 0.15) is 19.3 Å². The predicted octanol–water partition coefficient (Wildman–Crippen LogP) is 3.34. The summed E-state index contributed by atoms with van der Waals surface area (Å²) < 4.78 is 6.87. The number of ether oxygens (including phenoxy) is 1. The van der Waals surface area contributed by atoms with Gasteiger partial charge in [0.2, 0.25) is 0 Å². The summed E-state index contributed by atoms with van der Waals surface area (Å²) in [6.07, 6.45) is 5.84. The quantitative estimate of drug-likeness (QED) is 0.803. The molecule has 2 aliphatic rings. The fraction of sp³-hybridized carbons (Fsp3) is 0.438. The van der Waals surface area contributed by atoms with E-state index in [2.05, 4.69) is 31.9 Å². The highest BCUT2D eigenvalue weighted by molar-refractivity contribution is 9.10. The molecule has 1 aliphatic heterocycles. The second-order valence-corrected chi connectivity index (χ2v) is 6.74. The van der Waals surface area contributed by atoms with Gasteiger partial charge in [0.05, 0.1) is 30.0 Å². The Hall–Kier alpha value is -1.33. The largest absolute Gasteiger partial charge is 0.398 e. The minimum absolute atomic E-state index is 0.377. The lowest BCUT2D eigenvalue weighted by atomic mass is 10.1. The molecule has 1 aromatic carbocycles. The van der Waals surface area contributed by atoms with Crippen LogP contribution in [-0.4, -0.2) is 30.3 Å². The van der Waals surface area contributed by atoms with E-state index >= 15 is 0 Å². The molecule has 2 heterocycles. The summed E-state index contributed by atoms with van der Waals surface area (Å²) in [5.74, 6) is 0. The minimum Gasteiger partial charge on any atom is -0.398 e. The lowest BCUT2D eigenvalue weighted by Crippen LogP contribution is -2.48. The molecule has 2 N–H and O–H groups in total. The molecular formula is C16H18BrN3O. The number of fused-ring (bicyclic) bond motifs is 2. The molecule has 2 atom stereocenters. The van der Waals surface area contributed by atoms with E-state index in [0.717, 1.165) is 34.2 Å². The summed E-state index contributed by atoms with van der Waals surface area (Å²) in [7, 11) is 0. The van der Waals surface area contributed by atoms with E-state index in [0.29, 0.717) is 12.1 Å². The molecule has 2 fully saturated rings. The van der Waals surface area contributed by atoms with E-state index in [-0.39, 0.29) is 0 Å². The molecular weight excluding hydrogens is 330 g/mol. The van der Waals surface area contributed by atoms with Crippen molar-refractivity contribution in [3.05, 3.63) is 28.9 Å². The topological polar surface area (TPSA) is 51.4 Å². The van der Waals surface area contributed by atoms with E-state index < -0.39 is 0 Å². The van der Waals surface area contributed by atoms with Gasteiger partial charge in [-0.15, -0.1) is 0 Å². The first-order valence-electron chi connectivity index (χ1n) is 7.46. The van der Waals surface area contributed by atoms with E-state index in [1.54, 1.807) is 0 Å². The number of halogens is 1. The maximum Gasteiger partial charge on any atom is 0.0956 e. The van der Waals surface area contributed by atoms with E-state index in [1.165, 1.54) is 24.9 Å². The number of rotatable bonds is 1. The Balaban J connectivity index is 1.84. The normalized spacial score (nSPS) is 25.3. The van der Waals surface area contributed by atoms with Crippen LogP contribution in [0.5, 0.6) is 0 Å². The van der Waals surface area contributed by atoms with Crippen molar-refractivity contribution in [2.75, 3.05) is 23.8 Å². The van der Waals surface area contributed by atoms with Crippen molar-refractivity contribution in [3.63, 3.8) is 0 Å². The van der Waals surface area contributed by atoms with Gasteiger partial charge in [-0.05, 0) is 53.4 Å². The van der Waals surface area contributed by atoms with Gasteiger partial charge in [-0.2, -0.15) is 0 Å². The number of aromatic nitrogens is 1. The molecule has 1 saturated carbocycles. The Morgan fingerprint density at radius 1 is 1.33 bits per heavy atom. The van der Waals surface area contributed by atoms with E-state index in [9.17, 15) is 0 Å². The zero-order chi connectivity index (χ0) is 14.4. The third-order valence-corrected chi connectivity index (χ3v) is 5.05. The first kappa shape index (κ1) is 13.3. The first-order valence-corrected chi connectivity index (χ1v) is 8.25. The molecule has 4 nitrogen and oxygen atoms in total. The van der Waals surface area contributed by atoms with Crippen LogP contribution in [-0.2, 0) is 4.74 Å². The van der Waals surface area contributed by atoms with Gasteiger partial charge in [-0.3, -0.25) is 4.98 Å². The molecule has 2 aromatic rings. The highest BCUT2D eigenvalue weighted by Gasteiger charge is 2.36. The van der Waals surface area contributed by atoms with Gasteiger partial charge in [-0.25, -0.2) is 0 Å². The number of hydrogen-bond donors (Lipinski definition) is 1. The Bertz CT molecular complexity index is 691. The van der Waals surface area contributed by atoms with Crippen molar-refractivity contribution in [2.24, 2.45) is 0 Å². The maximum atomic E-state index is 6.13. The van der Waals surface area contributed by atoms with Gasteiger partial charge in [0, 0.05) is 28.3 Å². The van der Waals surface area contributed by atoms with Crippen LogP contribution in [0.2, 0.25) is 0 Å². The van der Waals surface area contributed by atoms with Crippen molar-refractivity contribution < 1.29 is 4.74 Å². The Kier molecular flexibility index (Phi) is 3.27. The smallest absolute Gasteiger partial charge is 0.0956 e. The van der Waals surface area contributed by atoms with Crippen LogP contribution in [0.3, 0.4) is 0 Å². The molecule has 0 radical (unpaired) electrons. The highest BCUT2D eigenvalue weighted by atomic mass is 79.9. The van der Waals surface area contributed by atoms with E-state index in [1.807, 2.05) is 18.3 Å². The number of hydrogen-bond acceptors (Lipinski definition) is 4. The molecule has 1 saturated heterocycles. The molecule has 21 heavy (non-hydrogen) atoms. The first-order chi connectivity index (χ1) is 10.2. The maximum absolute atomic E-state index is 6.13. The van der Waals surface area contributed by atoms with Crippen LogP contribution in [0, 0.1) is 0 Å². The van der Waals surface area contributed by atoms with Crippen LogP contribution in [0.15, 0.2) is 28.9 Å². The summed E-state index contributed by atoms with van der Waals surface area (Å²) in [5, 5.41) is 1.02. The zero-order valence-electron chi connectivity index (χ0n) is 11.8. The summed E-state index contributed by atoms with van der Waals surface area (Å²) in [5.41, 5.74) is 9.08. The molecule has 4 rings (SSSR count). The number of nitrogens with two attached hydrogens (primary N) is 1. The second kappa shape index (κ2) is 5.14. The van der Waals surface area contributed by atoms with Crippen molar-refractivity contribution in [1.29, 1.82) is 0 Å². The molecule has 0 bridgehead atoms. The average molecular weight is 348 g/mol. The second-order valence-electron chi connectivity index (χ2n) is 5.82. The molecule has 0 spiro atoms. The third-order valence-electron chi connectivity index (χ3n) is 4.62. The average Bonchev–Trinajstić information content (AvgIpc) is 2.97. The summed E-state index contributed by atoms with van der Waals surface area (Å²) in [6, 6.07) is 6.63. The monoisotopic (exact) mass is 347 g/mol. The Labute approximate surface area is 132 Å². The zero-order valence-corrected chi connectivity index (χ0v) is 13.3. The summed E-state index contributed by atoms with van der Waals surface area (Å²) in [6.45, 7) is 1.72. The predicted molar refractivity (Wildman–Crippen MR) is 88.6 cm³/mol. The van der Waals surface area contributed by atoms with Crippen LogP contribution in [0.25, 0.3) is 10.9 Å². The van der Waals surface area contributed by atoms with Crippen LogP contribution in [0.4, 0.5) is 11.4 Å². The fourth-order valence-corrected chi connectivity index (χ4v) is 3.99. The van der Waals surface area contributed by atoms with Gasteiger partial charge in [-0.1, -0.05) is 0 Å². The van der Waals surface area contributed by atoms with Gasteiger partial charge < -0.3 is 15.4 Å². The number of morpholine rings is 1. The number of anilines is 2. The summed E-state index contributed by atoms with van der Waals surface area (Å²) in [4.78, 5) is 7.10. The SMILES string of the molecule is Nc1ccc(N2CCOC3CCCC32)c2ncc(Br)cc12. The van der Waals surface area contributed by atoms with Gasteiger partial charge in [0.15, 0.2) is 0 Å². The fourth-order valence-electron chi connectivity index (χ4n) is 3.66. The molecule has 5 heteroatoms. The lowest BCUT2D eigenvalue weighted by molar-refractivity contribution is 0.0257. The van der Waals surface area contributed by atoms with Crippen molar-refractivity contribution in [2.45, 2.75) is 31.4 Å². The number of nitrogens with zero attached hydrogens (tertiary/aromatic N) is 2. The third kappa shape index (κ3) is 2.19. The number of nitrogen functional groups attached to an aromatic ring is 1. The van der Waals surface area contributed by atoms with E-state index in [4.69, 9.17) is 10.5 Å². The van der Waals surface area contributed by atoms with Gasteiger partial charge >= 0.3 is 0 Å². The lowest BCUT2D eigenvalue weighted by Gasteiger charge is -2.39. The molecule has 1 aromatic heterocycles. The number of benzene rings is 1. The van der Waals surface area contributed by atoms with Crippen molar-refractivity contribution in [1.82, 2.24) is 4.98 Å². The van der Waals surface area contributed by atoms with Gasteiger partial charge in [0.25, 0.3) is 0 Å². The standard InChI is InChI=1S/C16H18BrN3O/c17-10-8-11-12(18)4-5-14(16(11)19-9-10)20-6-7-21-15-3-1-2-13(15)20/h4-5,8-9,13,15H,1-3,6-7,18H2. The Morgan fingerprint density at radius 2 is 2.24 bits per heavy atom. The van der Waals surface area contributed by atoms with Crippen molar-refractivity contribution in [3.8, 4) is 0 Å². The van der Waals surface area contributed by atoms with Crippen molar-refractivity contribution >= 4 is 38.2 Å². The highest BCUT2D eigenvalue weighted by Crippen LogP contribution is 2.37. The molecule has 2 unspecified atom stereocenters. The minimum atomic E-state index is 0.377. The molecule has 110 valence electrons. The Morgan fingerprint density at radius 3 is 3.14 bits per heavy atom. The van der Waals surface area contributed by atoms with Gasteiger partial charge in [0.1, 0.15) is 0 Å². The van der Waals surface area contributed by atoms with Crippen LogP contribution < -0.4 is 10.6 Å². The summed E-state index contributed by atoms with van der Waals surface area (Å²) >= 11 is 3.48. The molecule has 0 amide bonds. The molecule has 1 aliphatic carbocycles. The number of pyridine rings is 1. The van der Waals surface area contributed by atoms with Crippen LogP contribution >= 0.6 is 15.9 Å².